The molecule has 0 spiro atoms. The first-order valence-corrected chi connectivity index (χ1v) is 9.90. The van der Waals surface area contributed by atoms with Crippen LogP contribution in [0.1, 0.15) is 25.0 Å². The summed E-state index contributed by atoms with van der Waals surface area (Å²) in [5, 5.41) is 11.1. The van der Waals surface area contributed by atoms with E-state index in [1.165, 1.54) is 11.1 Å². The van der Waals surface area contributed by atoms with E-state index in [-0.39, 0.29) is 16.9 Å². The molecule has 3 nitrogen and oxygen atoms in total. The summed E-state index contributed by atoms with van der Waals surface area (Å²) in [6.45, 7) is 11.0. The highest BCUT2D eigenvalue weighted by Crippen LogP contribution is 2.37. The molecule has 2 aliphatic heterocycles. The molecule has 2 bridgehead atoms. The van der Waals surface area contributed by atoms with Crippen LogP contribution < -0.4 is 9.80 Å². The summed E-state index contributed by atoms with van der Waals surface area (Å²) in [5.74, 6) is 0. The number of hydrogen-bond donors (Lipinski definition) is 3. The summed E-state index contributed by atoms with van der Waals surface area (Å²) >= 11 is 0. The molecule has 0 saturated carbocycles. The van der Waals surface area contributed by atoms with Crippen LogP contribution in [-0.2, 0) is 13.1 Å². The van der Waals surface area contributed by atoms with Crippen molar-refractivity contribution in [2.75, 3.05) is 26.2 Å². The molecule has 0 aliphatic carbocycles. The number of fused-ring (bicyclic) bond motifs is 2. The van der Waals surface area contributed by atoms with Gasteiger partial charge in [-0.05, 0) is 13.8 Å². The van der Waals surface area contributed by atoms with Crippen LogP contribution in [0.3, 0.4) is 0 Å². The molecule has 26 heavy (non-hydrogen) atoms. The Morgan fingerprint density at radius 3 is 1.42 bits per heavy atom. The van der Waals surface area contributed by atoms with Crippen molar-refractivity contribution in [3.8, 4) is 0 Å². The number of rotatable bonds is 4. The predicted molar refractivity (Wildman–Crippen MR) is 104 cm³/mol. The van der Waals surface area contributed by atoms with E-state index >= 15 is 0 Å². The molecule has 2 fully saturated rings. The molecular weight excluding hydrogens is 320 g/mol. The lowest BCUT2D eigenvalue weighted by Crippen LogP contribution is -3.24. The smallest absolute Gasteiger partial charge is 0.103 e. The molecule has 138 valence electrons. The average molecular weight is 353 g/mol. The SMILES string of the molecule is CC12C[NH+](Cc3ccccc3)CC(C)(C[NH+](Cc3ccccc3)C1)C2O. The second kappa shape index (κ2) is 6.80. The molecule has 2 heterocycles. The Morgan fingerprint density at radius 2 is 1.08 bits per heavy atom. The van der Waals surface area contributed by atoms with Crippen LogP contribution in [-0.4, -0.2) is 37.4 Å². The van der Waals surface area contributed by atoms with Crippen LogP contribution in [0, 0.1) is 10.8 Å². The fourth-order valence-corrected chi connectivity index (χ4v) is 5.78. The Labute approximate surface area is 157 Å². The van der Waals surface area contributed by atoms with Gasteiger partial charge in [-0.2, -0.15) is 0 Å². The van der Waals surface area contributed by atoms with Crippen molar-refractivity contribution in [3.05, 3.63) is 71.8 Å². The lowest BCUT2D eigenvalue weighted by molar-refractivity contribution is -0.988. The molecule has 0 radical (unpaired) electrons. The number of likely N-dealkylation sites (tertiary alicyclic amines) is 2. The maximum atomic E-state index is 11.1. The van der Waals surface area contributed by atoms with E-state index in [0.717, 1.165) is 39.3 Å². The highest BCUT2D eigenvalue weighted by Gasteiger charge is 2.60. The Balaban J connectivity index is 1.51. The minimum absolute atomic E-state index is 0.0144. The van der Waals surface area contributed by atoms with E-state index in [0.29, 0.717) is 0 Å². The molecular formula is C23H32N2O+2. The largest absolute Gasteiger partial charge is 0.391 e. The van der Waals surface area contributed by atoms with Crippen molar-refractivity contribution in [1.29, 1.82) is 0 Å². The van der Waals surface area contributed by atoms with Crippen LogP contribution in [0.15, 0.2) is 60.7 Å². The van der Waals surface area contributed by atoms with E-state index in [1.807, 2.05) is 0 Å². The first-order valence-electron chi connectivity index (χ1n) is 9.90. The molecule has 2 saturated heterocycles. The fourth-order valence-electron chi connectivity index (χ4n) is 5.78. The zero-order valence-electron chi connectivity index (χ0n) is 16.0. The summed E-state index contributed by atoms with van der Waals surface area (Å²) in [5.41, 5.74) is 2.77. The second-order valence-electron chi connectivity index (χ2n) is 9.24. The van der Waals surface area contributed by atoms with E-state index in [1.54, 1.807) is 9.80 Å². The Bertz CT molecular complexity index is 655. The first-order chi connectivity index (χ1) is 12.5. The van der Waals surface area contributed by atoms with Gasteiger partial charge in [-0.15, -0.1) is 0 Å². The van der Waals surface area contributed by atoms with E-state index in [2.05, 4.69) is 74.5 Å². The Kier molecular flexibility index (Phi) is 4.64. The van der Waals surface area contributed by atoms with Crippen LogP contribution >= 0.6 is 0 Å². The van der Waals surface area contributed by atoms with Gasteiger partial charge in [0.05, 0.1) is 43.1 Å². The molecule has 2 aromatic rings. The zero-order valence-corrected chi connectivity index (χ0v) is 16.0. The van der Waals surface area contributed by atoms with E-state index < -0.39 is 0 Å². The summed E-state index contributed by atoms with van der Waals surface area (Å²) in [6, 6.07) is 21.6. The number of aliphatic hydroxyl groups is 1. The van der Waals surface area contributed by atoms with Crippen molar-refractivity contribution < 1.29 is 14.9 Å². The maximum absolute atomic E-state index is 11.1. The van der Waals surface area contributed by atoms with E-state index in [9.17, 15) is 5.11 Å². The monoisotopic (exact) mass is 352 g/mol. The highest BCUT2D eigenvalue weighted by atomic mass is 16.3. The number of piperidine rings is 2. The zero-order chi connectivity index (χ0) is 18.2. The minimum atomic E-state index is -0.200. The predicted octanol–water partition coefficient (Wildman–Crippen LogP) is 0.557. The fraction of sp³-hybridized carbons (Fsp3) is 0.478. The molecule has 4 rings (SSSR count). The van der Waals surface area contributed by atoms with Gasteiger partial charge in [0, 0.05) is 11.1 Å². The molecule has 3 heteroatoms. The van der Waals surface area contributed by atoms with Gasteiger partial charge in [0.25, 0.3) is 0 Å². The van der Waals surface area contributed by atoms with E-state index in [4.69, 9.17) is 0 Å². The maximum Gasteiger partial charge on any atom is 0.103 e. The summed E-state index contributed by atoms with van der Waals surface area (Å²) in [6.07, 6.45) is -0.200. The number of nitrogens with one attached hydrogen (secondary N) is 2. The lowest BCUT2D eigenvalue weighted by Gasteiger charge is -2.55. The van der Waals surface area contributed by atoms with Crippen molar-refractivity contribution in [2.45, 2.75) is 33.0 Å². The van der Waals surface area contributed by atoms with Gasteiger partial charge in [0.1, 0.15) is 13.1 Å². The molecule has 0 atom stereocenters. The summed E-state index contributed by atoms with van der Waals surface area (Å²) in [7, 11) is 0. The number of benzene rings is 2. The molecule has 0 aromatic heterocycles. The van der Waals surface area contributed by atoms with Gasteiger partial charge in [-0.1, -0.05) is 60.7 Å². The lowest BCUT2D eigenvalue weighted by atomic mass is 9.63. The van der Waals surface area contributed by atoms with Gasteiger partial charge >= 0.3 is 0 Å². The summed E-state index contributed by atoms with van der Waals surface area (Å²) < 4.78 is 0. The van der Waals surface area contributed by atoms with Crippen molar-refractivity contribution in [2.24, 2.45) is 10.8 Å². The van der Waals surface area contributed by atoms with Gasteiger partial charge in [-0.25, -0.2) is 0 Å². The van der Waals surface area contributed by atoms with Crippen molar-refractivity contribution in [3.63, 3.8) is 0 Å². The molecule has 2 aromatic carbocycles. The van der Waals surface area contributed by atoms with Crippen LogP contribution in [0.4, 0.5) is 0 Å². The topological polar surface area (TPSA) is 29.1 Å². The standard InChI is InChI=1S/C23H30N2O/c1-22-15-24(13-19-9-5-3-6-10-19)17-23(2,21(22)26)18-25(16-22)14-20-11-7-4-8-12-20/h3-12,21,26H,13-18H2,1-2H3/p+2. The Morgan fingerprint density at radius 1 is 0.731 bits per heavy atom. The number of hydrogen-bond acceptors (Lipinski definition) is 1. The molecule has 2 aliphatic rings. The average Bonchev–Trinajstić information content (AvgIpc) is 2.60. The van der Waals surface area contributed by atoms with Crippen LogP contribution in [0.2, 0.25) is 0 Å². The second-order valence-corrected chi connectivity index (χ2v) is 9.24. The normalized spacial score (nSPS) is 36.7. The van der Waals surface area contributed by atoms with Crippen molar-refractivity contribution in [1.82, 2.24) is 0 Å². The van der Waals surface area contributed by atoms with Gasteiger partial charge in [-0.3, -0.25) is 0 Å². The highest BCUT2D eigenvalue weighted by molar-refractivity contribution is 5.14. The van der Waals surface area contributed by atoms with Crippen molar-refractivity contribution >= 4 is 0 Å². The van der Waals surface area contributed by atoms with Crippen LogP contribution in [0.25, 0.3) is 0 Å². The first kappa shape index (κ1) is 17.7. The van der Waals surface area contributed by atoms with Crippen LogP contribution in [0.5, 0.6) is 0 Å². The Hall–Kier alpha value is -1.68. The molecule has 0 unspecified atom stereocenters. The minimum Gasteiger partial charge on any atom is -0.391 e. The molecule has 3 N–H and O–H groups in total. The summed E-state index contributed by atoms with van der Waals surface area (Å²) in [4.78, 5) is 3.23. The van der Waals surface area contributed by atoms with Gasteiger partial charge in [0.15, 0.2) is 0 Å². The quantitative estimate of drug-likeness (QED) is 0.737. The molecule has 0 amide bonds. The third kappa shape index (κ3) is 3.44. The number of quaternary nitrogens is 2. The number of aliphatic hydroxyl groups excluding tert-OH is 1. The third-order valence-electron chi connectivity index (χ3n) is 6.53. The van der Waals surface area contributed by atoms with Gasteiger partial charge in [0.2, 0.25) is 0 Å². The van der Waals surface area contributed by atoms with Gasteiger partial charge < -0.3 is 14.9 Å². The third-order valence-corrected chi connectivity index (χ3v) is 6.53.